The van der Waals surface area contributed by atoms with Gasteiger partial charge in [-0.3, -0.25) is 0 Å². The first kappa shape index (κ1) is 19.0. The van der Waals surface area contributed by atoms with Crippen molar-refractivity contribution >= 4 is 23.0 Å². The number of aryl methyl sites for hydroxylation is 2. The van der Waals surface area contributed by atoms with Crippen LogP contribution in [0.2, 0.25) is 0 Å². The van der Waals surface area contributed by atoms with Gasteiger partial charge >= 0.3 is 0 Å². The van der Waals surface area contributed by atoms with Crippen LogP contribution in [0.25, 0.3) is 0 Å². The first-order valence-electron chi connectivity index (χ1n) is 8.52. The SMILES string of the molecule is C=CCOc1ccc(NC(=S)N[C@@H](CC)c2ccc(C)cc2C)cc1. The highest BCUT2D eigenvalue weighted by molar-refractivity contribution is 7.80. The van der Waals surface area contributed by atoms with E-state index in [1.165, 1.54) is 16.7 Å². The summed E-state index contributed by atoms with van der Waals surface area (Å²) in [5.41, 5.74) is 4.77. The molecule has 0 bridgehead atoms. The molecule has 4 heteroatoms. The highest BCUT2D eigenvalue weighted by Crippen LogP contribution is 2.22. The number of anilines is 1. The van der Waals surface area contributed by atoms with Crippen LogP contribution in [-0.2, 0) is 0 Å². The van der Waals surface area contributed by atoms with Crippen LogP contribution in [0.3, 0.4) is 0 Å². The quantitative estimate of drug-likeness (QED) is 0.522. The molecule has 2 aromatic rings. The Bertz CT molecular complexity index is 725. The maximum atomic E-state index is 5.48. The average molecular weight is 355 g/mol. The van der Waals surface area contributed by atoms with Gasteiger partial charge in [-0.05, 0) is 67.9 Å². The molecule has 0 aliphatic rings. The summed E-state index contributed by atoms with van der Waals surface area (Å²) in [6.07, 6.45) is 2.68. The molecule has 0 unspecified atom stereocenters. The van der Waals surface area contributed by atoms with Crippen LogP contribution in [0.1, 0.15) is 36.1 Å². The van der Waals surface area contributed by atoms with Crippen molar-refractivity contribution in [3.8, 4) is 5.75 Å². The molecule has 0 fully saturated rings. The van der Waals surface area contributed by atoms with Crippen molar-refractivity contribution in [3.63, 3.8) is 0 Å². The zero-order chi connectivity index (χ0) is 18.2. The summed E-state index contributed by atoms with van der Waals surface area (Å²) in [4.78, 5) is 0. The number of ether oxygens (including phenoxy) is 1. The van der Waals surface area contributed by atoms with Crippen molar-refractivity contribution in [3.05, 3.63) is 71.8 Å². The van der Waals surface area contributed by atoms with Gasteiger partial charge in [0, 0.05) is 5.69 Å². The summed E-state index contributed by atoms with van der Waals surface area (Å²) < 4.78 is 5.48. The number of rotatable bonds is 7. The molecule has 0 radical (unpaired) electrons. The molecular formula is C21H26N2OS. The van der Waals surface area contributed by atoms with Crippen LogP contribution >= 0.6 is 12.2 Å². The predicted octanol–water partition coefficient (Wildman–Crippen LogP) is 5.31. The number of benzene rings is 2. The highest BCUT2D eigenvalue weighted by atomic mass is 32.1. The van der Waals surface area contributed by atoms with E-state index < -0.39 is 0 Å². The Labute approximate surface area is 156 Å². The van der Waals surface area contributed by atoms with Crippen LogP contribution in [0.4, 0.5) is 5.69 Å². The van der Waals surface area contributed by atoms with E-state index in [2.05, 4.69) is 56.2 Å². The number of hydrogen-bond donors (Lipinski definition) is 2. The summed E-state index contributed by atoms with van der Waals surface area (Å²) in [7, 11) is 0. The maximum Gasteiger partial charge on any atom is 0.171 e. The fourth-order valence-electron chi connectivity index (χ4n) is 2.73. The Balaban J connectivity index is 1.98. The van der Waals surface area contributed by atoms with E-state index in [-0.39, 0.29) is 6.04 Å². The summed E-state index contributed by atoms with van der Waals surface area (Å²) in [6.45, 7) is 10.6. The van der Waals surface area contributed by atoms with Crippen molar-refractivity contribution in [2.75, 3.05) is 11.9 Å². The lowest BCUT2D eigenvalue weighted by molar-refractivity contribution is 0.363. The summed E-state index contributed by atoms with van der Waals surface area (Å²) >= 11 is 5.48. The van der Waals surface area contributed by atoms with E-state index in [0.29, 0.717) is 11.7 Å². The van der Waals surface area contributed by atoms with Gasteiger partial charge in [0.2, 0.25) is 0 Å². The second-order valence-electron chi connectivity index (χ2n) is 6.04. The van der Waals surface area contributed by atoms with Gasteiger partial charge in [-0.15, -0.1) is 0 Å². The van der Waals surface area contributed by atoms with Gasteiger partial charge in [0.25, 0.3) is 0 Å². The lowest BCUT2D eigenvalue weighted by atomic mass is 9.98. The standard InChI is InChI=1S/C21H26N2OS/c1-5-13-24-18-10-8-17(9-11-18)22-21(25)23-20(6-2)19-12-7-15(3)14-16(19)4/h5,7-12,14,20H,1,6,13H2,2-4H3,(H2,22,23,25)/t20-/m0/s1. The van der Waals surface area contributed by atoms with Gasteiger partial charge in [-0.1, -0.05) is 43.3 Å². The van der Waals surface area contributed by atoms with E-state index in [0.717, 1.165) is 17.9 Å². The fraction of sp³-hybridized carbons (Fsp3) is 0.286. The topological polar surface area (TPSA) is 33.3 Å². The van der Waals surface area contributed by atoms with Gasteiger partial charge in [0.05, 0.1) is 6.04 Å². The molecule has 1 atom stereocenters. The normalized spacial score (nSPS) is 11.5. The first-order valence-corrected chi connectivity index (χ1v) is 8.92. The second-order valence-corrected chi connectivity index (χ2v) is 6.45. The van der Waals surface area contributed by atoms with E-state index in [1.807, 2.05) is 24.3 Å². The minimum Gasteiger partial charge on any atom is -0.490 e. The van der Waals surface area contributed by atoms with Gasteiger partial charge in [0.15, 0.2) is 5.11 Å². The van der Waals surface area contributed by atoms with Crippen molar-refractivity contribution in [1.82, 2.24) is 5.32 Å². The lowest BCUT2D eigenvalue weighted by Gasteiger charge is -2.22. The molecule has 0 aromatic heterocycles. The van der Waals surface area contributed by atoms with Crippen LogP contribution in [0.5, 0.6) is 5.75 Å². The molecule has 0 spiro atoms. The average Bonchev–Trinajstić information content (AvgIpc) is 2.59. The van der Waals surface area contributed by atoms with Crippen LogP contribution < -0.4 is 15.4 Å². The van der Waals surface area contributed by atoms with Crippen molar-refractivity contribution < 1.29 is 4.74 Å². The van der Waals surface area contributed by atoms with E-state index >= 15 is 0 Å². The third-order valence-corrected chi connectivity index (χ3v) is 4.21. The highest BCUT2D eigenvalue weighted by Gasteiger charge is 2.13. The molecule has 0 aliphatic carbocycles. The molecular weight excluding hydrogens is 328 g/mol. The Morgan fingerprint density at radius 1 is 1.20 bits per heavy atom. The lowest BCUT2D eigenvalue weighted by Crippen LogP contribution is -2.32. The van der Waals surface area contributed by atoms with Gasteiger partial charge in [-0.25, -0.2) is 0 Å². The number of hydrogen-bond acceptors (Lipinski definition) is 2. The number of thiocarbonyl (C=S) groups is 1. The van der Waals surface area contributed by atoms with E-state index in [1.54, 1.807) is 6.08 Å². The molecule has 0 aliphatic heterocycles. The van der Waals surface area contributed by atoms with Gasteiger partial charge in [0.1, 0.15) is 12.4 Å². The fourth-order valence-corrected chi connectivity index (χ4v) is 2.99. The Morgan fingerprint density at radius 2 is 1.92 bits per heavy atom. The van der Waals surface area contributed by atoms with Crippen LogP contribution in [0.15, 0.2) is 55.1 Å². The molecule has 0 saturated heterocycles. The largest absolute Gasteiger partial charge is 0.490 e. The Morgan fingerprint density at radius 3 is 2.52 bits per heavy atom. The second kappa shape index (κ2) is 9.23. The molecule has 0 amide bonds. The van der Waals surface area contributed by atoms with Gasteiger partial charge < -0.3 is 15.4 Å². The first-order chi connectivity index (χ1) is 12.0. The number of nitrogens with one attached hydrogen (secondary N) is 2. The summed E-state index contributed by atoms with van der Waals surface area (Å²) in [6, 6.07) is 14.4. The maximum absolute atomic E-state index is 5.48. The minimum atomic E-state index is 0.191. The summed E-state index contributed by atoms with van der Waals surface area (Å²) in [5.74, 6) is 0.811. The molecule has 2 rings (SSSR count). The van der Waals surface area contributed by atoms with Crippen molar-refractivity contribution in [1.29, 1.82) is 0 Å². The third-order valence-electron chi connectivity index (χ3n) is 3.99. The molecule has 2 aromatic carbocycles. The van der Waals surface area contributed by atoms with Crippen LogP contribution in [-0.4, -0.2) is 11.7 Å². The zero-order valence-electron chi connectivity index (χ0n) is 15.1. The molecule has 0 heterocycles. The van der Waals surface area contributed by atoms with E-state index in [9.17, 15) is 0 Å². The molecule has 25 heavy (non-hydrogen) atoms. The third kappa shape index (κ3) is 5.61. The Hall–Kier alpha value is -2.33. The Kier molecular flexibility index (Phi) is 7.02. The van der Waals surface area contributed by atoms with Crippen molar-refractivity contribution in [2.45, 2.75) is 33.2 Å². The molecule has 3 nitrogen and oxygen atoms in total. The molecule has 0 saturated carbocycles. The molecule has 2 N–H and O–H groups in total. The smallest absolute Gasteiger partial charge is 0.171 e. The van der Waals surface area contributed by atoms with E-state index in [4.69, 9.17) is 17.0 Å². The van der Waals surface area contributed by atoms with Gasteiger partial charge in [-0.2, -0.15) is 0 Å². The monoisotopic (exact) mass is 354 g/mol. The molecule has 132 valence electrons. The minimum absolute atomic E-state index is 0.191. The van der Waals surface area contributed by atoms with Crippen molar-refractivity contribution in [2.24, 2.45) is 0 Å². The summed E-state index contributed by atoms with van der Waals surface area (Å²) in [5, 5.41) is 7.27. The zero-order valence-corrected chi connectivity index (χ0v) is 16.0. The predicted molar refractivity (Wildman–Crippen MR) is 110 cm³/mol. The van der Waals surface area contributed by atoms with Crippen LogP contribution in [0, 0.1) is 13.8 Å².